The molecule has 1 amide bonds. The van der Waals surface area contributed by atoms with E-state index in [0.717, 1.165) is 0 Å². The molecular formula is C12H9N3O4. The minimum Gasteiger partial charge on any atom is -0.478 e. The number of carboxylic acid groups (broad SMARTS) is 1. The maximum atomic E-state index is 11.0. The van der Waals surface area contributed by atoms with Crippen LogP contribution in [0.4, 0.5) is 0 Å². The highest BCUT2D eigenvalue weighted by molar-refractivity contribution is 5.92. The van der Waals surface area contributed by atoms with Crippen molar-refractivity contribution in [3.8, 4) is 11.6 Å². The van der Waals surface area contributed by atoms with Crippen LogP contribution in [0.25, 0.3) is 0 Å². The number of aromatic nitrogens is 2. The fourth-order valence-corrected chi connectivity index (χ4v) is 1.34. The van der Waals surface area contributed by atoms with Crippen LogP contribution in [0.1, 0.15) is 20.7 Å². The largest absolute Gasteiger partial charge is 0.478 e. The number of hydrogen-bond acceptors (Lipinski definition) is 5. The molecule has 2 aromatic rings. The van der Waals surface area contributed by atoms with E-state index >= 15 is 0 Å². The van der Waals surface area contributed by atoms with Crippen molar-refractivity contribution in [2.45, 2.75) is 0 Å². The first-order chi connectivity index (χ1) is 9.08. The summed E-state index contributed by atoms with van der Waals surface area (Å²) < 4.78 is 5.30. The number of nitrogens with two attached hydrogens (primary N) is 1. The lowest BCUT2D eigenvalue weighted by Gasteiger charge is -2.06. The van der Waals surface area contributed by atoms with Gasteiger partial charge in [0.2, 0.25) is 11.8 Å². The van der Waals surface area contributed by atoms with Gasteiger partial charge in [-0.2, -0.15) is 0 Å². The summed E-state index contributed by atoms with van der Waals surface area (Å²) in [7, 11) is 0. The average Bonchev–Trinajstić information content (AvgIpc) is 2.39. The lowest BCUT2D eigenvalue weighted by molar-refractivity contribution is 0.0693. The molecule has 0 aromatic carbocycles. The zero-order valence-electron chi connectivity index (χ0n) is 9.61. The smallest absolute Gasteiger partial charge is 0.339 e. The van der Waals surface area contributed by atoms with Crippen LogP contribution in [0.15, 0.2) is 36.8 Å². The van der Waals surface area contributed by atoms with Gasteiger partial charge in [0.05, 0.1) is 11.8 Å². The molecule has 7 heteroatoms. The predicted octanol–water partition coefficient (Wildman–Crippen LogP) is 1.07. The summed E-state index contributed by atoms with van der Waals surface area (Å²) in [6, 6.07) is 4.16. The molecule has 19 heavy (non-hydrogen) atoms. The minimum atomic E-state index is -1.13. The van der Waals surface area contributed by atoms with Crippen LogP contribution in [0, 0.1) is 0 Å². The average molecular weight is 259 g/mol. The first-order valence-corrected chi connectivity index (χ1v) is 5.19. The number of carboxylic acids is 1. The van der Waals surface area contributed by atoms with Crippen molar-refractivity contribution in [2.75, 3.05) is 0 Å². The highest BCUT2D eigenvalue weighted by Crippen LogP contribution is 2.22. The molecule has 7 nitrogen and oxygen atoms in total. The fraction of sp³-hybridized carbons (Fsp3) is 0. The van der Waals surface area contributed by atoms with Crippen LogP contribution in [0.3, 0.4) is 0 Å². The Labute approximate surface area is 107 Å². The van der Waals surface area contributed by atoms with Gasteiger partial charge in [0, 0.05) is 18.5 Å². The van der Waals surface area contributed by atoms with Gasteiger partial charge in [-0.25, -0.2) is 9.78 Å². The van der Waals surface area contributed by atoms with Gasteiger partial charge >= 0.3 is 5.97 Å². The fourth-order valence-electron chi connectivity index (χ4n) is 1.34. The molecule has 2 heterocycles. The molecule has 96 valence electrons. The topological polar surface area (TPSA) is 115 Å². The molecule has 0 aliphatic carbocycles. The van der Waals surface area contributed by atoms with Gasteiger partial charge in [-0.3, -0.25) is 9.78 Å². The lowest BCUT2D eigenvalue weighted by Crippen LogP contribution is -2.11. The normalized spacial score (nSPS) is 9.89. The molecule has 0 fully saturated rings. The second kappa shape index (κ2) is 5.13. The summed E-state index contributed by atoms with van der Waals surface area (Å²) in [5.74, 6) is -1.53. The van der Waals surface area contributed by atoms with E-state index in [1.165, 1.54) is 36.8 Å². The molecule has 0 unspecified atom stereocenters. The van der Waals surface area contributed by atoms with Gasteiger partial charge in [-0.05, 0) is 12.1 Å². The SMILES string of the molecule is NC(=O)c1ccc(Oc2cnccc2C(=O)O)nc1. The Morgan fingerprint density at radius 2 is 2.00 bits per heavy atom. The lowest BCUT2D eigenvalue weighted by atomic mass is 10.2. The van der Waals surface area contributed by atoms with Crippen LogP contribution >= 0.6 is 0 Å². The Hall–Kier alpha value is -2.96. The zero-order valence-corrected chi connectivity index (χ0v) is 9.61. The first kappa shape index (κ1) is 12.5. The highest BCUT2D eigenvalue weighted by Gasteiger charge is 2.12. The Morgan fingerprint density at radius 3 is 2.58 bits per heavy atom. The molecule has 3 N–H and O–H groups in total. The van der Waals surface area contributed by atoms with E-state index in [9.17, 15) is 9.59 Å². The van der Waals surface area contributed by atoms with Crippen molar-refractivity contribution < 1.29 is 19.4 Å². The second-order valence-electron chi connectivity index (χ2n) is 3.53. The zero-order chi connectivity index (χ0) is 13.8. The molecule has 0 spiro atoms. The van der Waals surface area contributed by atoms with Crippen molar-refractivity contribution >= 4 is 11.9 Å². The maximum absolute atomic E-state index is 11.0. The van der Waals surface area contributed by atoms with Crippen molar-refractivity contribution in [1.82, 2.24) is 9.97 Å². The standard InChI is InChI=1S/C12H9N3O4/c13-11(16)7-1-2-10(15-5-7)19-9-6-14-4-3-8(9)12(17)18/h1-6H,(H2,13,16)(H,17,18). The van der Waals surface area contributed by atoms with Crippen LogP contribution in [0.5, 0.6) is 11.6 Å². The third-order valence-electron chi connectivity index (χ3n) is 2.25. The Kier molecular flexibility index (Phi) is 3.37. The number of primary amides is 1. The van der Waals surface area contributed by atoms with Gasteiger partial charge in [-0.1, -0.05) is 0 Å². The van der Waals surface area contributed by atoms with Crippen LogP contribution < -0.4 is 10.5 Å². The van der Waals surface area contributed by atoms with Crippen LogP contribution in [-0.4, -0.2) is 27.0 Å². The number of aromatic carboxylic acids is 1. The molecule has 0 bridgehead atoms. The van der Waals surface area contributed by atoms with E-state index in [4.69, 9.17) is 15.6 Å². The van der Waals surface area contributed by atoms with Crippen molar-refractivity contribution in [1.29, 1.82) is 0 Å². The number of nitrogens with zero attached hydrogens (tertiary/aromatic N) is 2. The van der Waals surface area contributed by atoms with E-state index in [1.807, 2.05) is 0 Å². The van der Waals surface area contributed by atoms with Crippen molar-refractivity contribution in [3.05, 3.63) is 47.9 Å². The summed E-state index contributed by atoms with van der Waals surface area (Å²) in [6.07, 6.45) is 3.86. The third kappa shape index (κ3) is 2.83. The molecule has 0 aliphatic heterocycles. The number of rotatable bonds is 4. The van der Waals surface area contributed by atoms with Gasteiger partial charge in [0.1, 0.15) is 5.56 Å². The summed E-state index contributed by atoms with van der Waals surface area (Å²) in [5.41, 5.74) is 5.27. The van der Waals surface area contributed by atoms with Gasteiger partial charge in [0.25, 0.3) is 0 Å². The van der Waals surface area contributed by atoms with Crippen LogP contribution in [-0.2, 0) is 0 Å². The van der Waals surface area contributed by atoms with E-state index in [-0.39, 0.29) is 22.8 Å². The summed E-state index contributed by atoms with van der Waals surface area (Å²) in [5, 5.41) is 8.97. The van der Waals surface area contributed by atoms with Gasteiger partial charge < -0.3 is 15.6 Å². The Bertz CT molecular complexity index is 625. The molecule has 0 saturated carbocycles. The predicted molar refractivity (Wildman–Crippen MR) is 64.0 cm³/mol. The molecule has 0 saturated heterocycles. The number of pyridine rings is 2. The number of hydrogen-bond donors (Lipinski definition) is 2. The van der Waals surface area contributed by atoms with Crippen LogP contribution in [0.2, 0.25) is 0 Å². The molecule has 0 aliphatic rings. The summed E-state index contributed by atoms with van der Waals surface area (Å²) in [6.45, 7) is 0. The quantitative estimate of drug-likeness (QED) is 0.848. The summed E-state index contributed by atoms with van der Waals surface area (Å²) in [4.78, 5) is 29.5. The molecule has 0 atom stereocenters. The van der Waals surface area contributed by atoms with E-state index < -0.39 is 11.9 Å². The summed E-state index contributed by atoms with van der Waals surface area (Å²) >= 11 is 0. The Morgan fingerprint density at radius 1 is 1.21 bits per heavy atom. The highest BCUT2D eigenvalue weighted by atomic mass is 16.5. The van der Waals surface area contributed by atoms with Gasteiger partial charge in [0.15, 0.2) is 5.75 Å². The number of ether oxygens (including phenoxy) is 1. The third-order valence-corrected chi connectivity index (χ3v) is 2.25. The first-order valence-electron chi connectivity index (χ1n) is 5.19. The van der Waals surface area contributed by atoms with Crippen molar-refractivity contribution in [2.24, 2.45) is 5.73 Å². The molecular weight excluding hydrogens is 250 g/mol. The van der Waals surface area contributed by atoms with E-state index in [0.29, 0.717) is 0 Å². The number of carbonyl (C=O) groups is 2. The molecule has 2 aromatic heterocycles. The van der Waals surface area contributed by atoms with Gasteiger partial charge in [-0.15, -0.1) is 0 Å². The number of carbonyl (C=O) groups excluding carboxylic acids is 1. The monoisotopic (exact) mass is 259 g/mol. The van der Waals surface area contributed by atoms with E-state index in [1.54, 1.807) is 0 Å². The number of amides is 1. The van der Waals surface area contributed by atoms with E-state index in [2.05, 4.69) is 9.97 Å². The molecule has 2 rings (SSSR count). The van der Waals surface area contributed by atoms with Crippen molar-refractivity contribution in [3.63, 3.8) is 0 Å². The Balaban J connectivity index is 2.26. The maximum Gasteiger partial charge on any atom is 0.339 e. The minimum absolute atomic E-state index is 0.0317. The molecule has 0 radical (unpaired) electrons. The second-order valence-corrected chi connectivity index (χ2v) is 3.53.